The molecule has 2 aromatic rings. The van der Waals surface area contributed by atoms with Crippen LogP contribution in [0, 0.1) is 3.57 Å². The van der Waals surface area contributed by atoms with Gasteiger partial charge in [-0.2, -0.15) is 0 Å². The number of rotatable bonds is 4. The molecule has 18 heavy (non-hydrogen) atoms. The molecule has 2 aromatic heterocycles. The van der Waals surface area contributed by atoms with Crippen LogP contribution in [0.25, 0.3) is 10.7 Å². The molecule has 6 heteroatoms. The lowest BCUT2D eigenvalue weighted by Gasteiger charge is -2.10. The summed E-state index contributed by atoms with van der Waals surface area (Å²) in [5, 5.41) is 3.30. The first-order chi connectivity index (χ1) is 8.65. The third-order valence-electron chi connectivity index (χ3n) is 2.39. The molecule has 0 radical (unpaired) electrons. The maximum absolute atomic E-state index is 4.65. The highest BCUT2D eigenvalue weighted by molar-refractivity contribution is 14.1. The number of hydrogen-bond acceptors (Lipinski definition) is 4. The smallest absolute Gasteiger partial charge is 0.171 e. The van der Waals surface area contributed by atoms with Gasteiger partial charge in [0.2, 0.25) is 0 Å². The summed E-state index contributed by atoms with van der Waals surface area (Å²) < 4.78 is 2.22. The van der Waals surface area contributed by atoms with E-state index in [1.165, 1.54) is 0 Å². The summed E-state index contributed by atoms with van der Waals surface area (Å²) in [6.07, 6.45) is 0.915. The Hall–Kier alpha value is -0.210. The Morgan fingerprint density at radius 2 is 2.11 bits per heavy atom. The Morgan fingerprint density at radius 1 is 1.33 bits per heavy atom. The van der Waals surface area contributed by atoms with Gasteiger partial charge in [-0.15, -0.1) is 11.3 Å². The van der Waals surface area contributed by atoms with Crippen LogP contribution in [0.3, 0.4) is 0 Å². The second kappa shape index (κ2) is 6.29. The predicted molar refractivity (Wildman–Crippen MR) is 89.3 cm³/mol. The van der Waals surface area contributed by atoms with E-state index in [2.05, 4.69) is 67.7 Å². The number of halogens is 2. The van der Waals surface area contributed by atoms with Gasteiger partial charge in [-0.25, -0.2) is 9.97 Å². The fourth-order valence-electron chi connectivity index (χ4n) is 1.56. The first-order valence-electron chi connectivity index (χ1n) is 5.71. The van der Waals surface area contributed by atoms with Crippen molar-refractivity contribution in [1.82, 2.24) is 9.97 Å². The van der Waals surface area contributed by atoms with Gasteiger partial charge in [-0.05, 0) is 64.0 Å². The molecule has 2 rings (SSSR count). The number of nitrogens with one attached hydrogen (secondary N) is 1. The normalized spacial score (nSPS) is 10.7. The molecule has 3 nitrogen and oxygen atoms in total. The molecular formula is C12H13BrIN3S. The van der Waals surface area contributed by atoms with Crippen LogP contribution in [-0.4, -0.2) is 16.5 Å². The minimum Gasteiger partial charge on any atom is -0.369 e. The Morgan fingerprint density at radius 3 is 2.67 bits per heavy atom. The van der Waals surface area contributed by atoms with Gasteiger partial charge in [-0.1, -0.05) is 6.92 Å². The van der Waals surface area contributed by atoms with Gasteiger partial charge in [0, 0.05) is 6.54 Å². The highest BCUT2D eigenvalue weighted by Gasteiger charge is 2.13. The van der Waals surface area contributed by atoms with Crippen molar-refractivity contribution >= 4 is 55.7 Å². The maximum atomic E-state index is 4.65. The molecule has 0 aromatic carbocycles. The number of aromatic nitrogens is 2. The molecule has 0 aliphatic rings. The summed E-state index contributed by atoms with van der Waals surface area (Å²) in [7, 11) is 0. The quantitative estimate of drug-likeness (QED) is 0.712. The Bertz CT molecular complexity index is 556. The molecular weight excluding hydrogens is 425 g/mol. The van der Waals surface area contributed by atoms with Gasteiger partial charge < -0.3 is 5.32 Å². The van der Waals surface area contributed by atoms with Crippen LogP contribution >= 0.6 is 49.9 Å². The number of thiophene rings is 1. The summed E-state index contributed by atoms with van der Waals surface area (Å²) in [5.41, 5.74) is 1.10. The molecule has 0 bridgehead atoms. The Balaban J connectivity index is 2.51. The highest BCUT2D eigenvalue weighted by Crippen LogP contribution is 2.31. The third-order valence-corrected chi connectivity index (χ3v) is 5.15. The van der Waals surface area contributed by atoms with E-state index in [4.69, 9.17) is 0 Å². The summed E-state index contributed by atoms with van der Waals surface area (Å²) >= 11 is 7.44. The lowest BCUT2D eigenvalue weighted by atomic mass is 10.3. The third kappa shape index (κ3) is 3.03. The second-order valence-corrected chi connectivity index (χ2v) is 7.19. The minimum absolute atomic E-state index is 0.805. The first kappa shape index (κ1) is 14.2. The molecule has 0 fully saturated rings. The Labute approximate surface area is 133 Å². The SMILES string of the molecule is CCNc1nc(-c2ccc(Br)s2)nc(CC)c1I. The molecule has 0 saturated carbocycles. The molecule has 0 amide bonds. The van der Waals surface area contributed by atoms with Crippen molar-refractivity contribution < 1.29 is 0 Å². The van der Waals surface area contributed by atoms with Gasteiger partial charge in [0.25, 0.3) is 0 Å². The van der Waals surface area contributed by atoms with E-state index in [-0.39, 0.29) is 0 Å². The van der Waals surface area contributed by atoms with Crippen molar-refractivity contribution in [1.29, 1.82) is 0 Å². The molecule has 0 aliphatic heterocycles. The molecule has 0 atom stereocenters. The van der Waals surface area contributed by atoms with Crippen LogP contribution in [0.5, 0.6) is 0 Å². The zero-order valence-electron chi connectivity index (χ0n) is 10.1. The topological polar surface area (TPSA) is 37.8 Å². The largest absolute Gasteiger partial charge is 0.369 e. The zero-order valence-corrected chi connectivity index (χ0v) is 14.7. The maximum Gasteiger partial charge on any atom is 0.171 e. The summed E-state index contributed by atoms with van der Waals surface area (Å²) in [5.74, 6) is 1.74. The standard InChI is InChI=1S/C12H13BrIN3S/c1-3-7-10(14)12(15-4-2)17-11(16-7)8-5-6-9(13)18-8/h5-6H,3-4H2,1-2H3,(H,15,16,17). The van der Waals surface area contributed by atoms with E-state index in [1.54, 1.807) is 11.3 Å². The van der Waals surface area contributed by atoms with E-state index in [1.807, 2.05) is 12.1 Å². The summed E-state index contributed by atoms with van der Waals surface area (Å²) in [6, 6.07) is 4.08. The van der Waals surface area contributed by atoms with Crippen LogP contribution in [0.2, 0.25) is 0 Å². The van der Waals surface area contributed by atoms with Crippen LogP contribution in [0.1, 0.15) is 19.5 Å². The lowest BCUT2D eigenvalue weighted by molar-refractivity contribution is 0.985. The average molecular weight is 438 g/mol. The Kier molecular flexibility index (Phi) is 4.97. The predicted octanol–water partition coefficient (Wildman–Crippen LogP) is 4.57. The summed E-state index contributed by atoms with van der Waals surface area (Å²) in [6.45, 7) is 5.06. The molecule has 0 aliphatic carbocycles. The van der Waals surface area contributed by atoms with Crippen molar-refractivity contribution in [2.24, 2.45) is 0 Å². The zero-order chi connectivity index (χ0) is 13.1. The number of anilines is 1. The van der Waals surface area contributed by atoms with Gasteiger partial charge in [0.05, 0.1) is 17.9 Å². The van der Waals surface area contributed by atoms with Crippen LogP contribution < -0.4 is 5.32 Å². The monoisotopic (exact) mass is 437 g/mol. The van der Waals surface area contributed by atoms with Gasteiger partial charge >= 0.3 is 0 Å². The van der Waals surface area contributed by atoms with E-state index in [0.717, 1.165) is 42.5 Å². The van der Waals surface area contributed by atoms with Crippen molar-refractivity contribution in [3.05, 3.63) is 25.2 Å². The van der Waals surface area contributed by atoms with Gasteiger partial charge in [0.15, 0.2) is 5.82 Å². The van der Waals surface area contributed by atoms with E-state index >= 15 is 0 Å². The van der Waals surface area contributed by atoms with Crippen LogP contribution in [-0.2, 0) is 6.42 Å². The minimum atomic E-state index is 0.805. The number of aryl methyl sites for hydroxylation is 1. The molecule has 0 spiro atoms. The van der Waals surface area contributed by atoms with Crippen LogP contribution in [0.4, 0.5) is 5.82 Å². The fourth-order valence-corrected chi connectivity index (χ4v) is 3.69. The first-order valence-corrected chi connectivity index (χ1v) is 8.40. The van der Waals surface area contributed by atoms with Crippen LogP contribution in [0.15, 0.2) is 15.9 Å². The molecule has 2 heterocycles. The summed E-state index contributed by atoms with van der Waals surface area (Å²) in [4.78, 5) is 10.4. The number of nitrogens with zero attached hydrogens (tertiary/aromatic N) is 2. The van der Waals surface area contributed by atoms with E-state index in [0.29, 0.717) is 0 Å². The van der Waals surface area contributed by atoms with E-state index < -0.39 is 0 Å². The van der Waals surface area contributed by atoms with Gasteiger partial charge in [-0.3, -0.25) is 0 Å². The van der Waals surface area contributed by atoms with Crippen molar-refractivity contribution in [3.63, 3.8) is 0 Å². The molecule has 1 N–H and O–H groups in total. The lowest BCUT2D eigenvalue weighted by Crippen LogP contribution is -2.07. The second-order valence-electron chi connectivity index (χ2n) is 3.64. The number of hydrogen-bond donors (Lipinski definition) is 1. The fraction of sp³-hybridized carbons (Fsp3) is 0.333. The average Bonchev–Trinajstić information content (AvgIpc) is 2.79. The molecule has 0 saturated heterocycles. The molecule has 0 unspecified atom stereocenters. The molecule has 96 valence electrons. The highest BCUT2D eigenvalue weighted by atomic mass is 127. The van der Waals surface area contributed by atoms with Crippen molar-refractivity contribution in [2.75, 3.05) is 11.9 Å². The van der Waals surface area contributed by atoms with Crippen molar-refractivity contribution in [2.45, 2.75) is 20.3 Å². The van der Waals surface area contributed by atoms with E-state index in [9.17, 15) is 0 Å². The van der Waals surface area contributed by atoms with Gasteiger partial charge in [0.1, 0.15) is 5.82 Å². The van der Waals surface area contributed by atoms with Crippen molar-refractivity contribution in [3.8, 4) is 10.7 Å².